The summed E-state index contributed by atoms with van der Waals surface area (Å²) in [4.78, 5) is 0. The van der Waals surface area contributed by atoms with E-state index in [2.05, 4.69) is 11.4 Å². The quantitative estimate of drug-likeness (QED) is 0.884. The summed E-state index contributed by atoms with van der Waals surface area (Å²) in [5, 5.41) is 4.45. The molecule has 1 N–H and O–H groups in total. The topological polar surface area (TPSA) is 26.2 Å². The van der Waals surface area contributed by atoms with Crippen molar-refractivity contribution in [3.63, 3.8) is 0 Å². The molecule has 1 fully saturated rings. The molecule has 0 spiro atoms. The van der Waals surface area contributed by atoms with Crippen LogP contribution in [-0.2, 0) is 18.0 Å². The van der Waals surface area contributed by atoms with Gasteiger partial charge in [-0.2, -0.15) is 13.2 Å². The predicted molar refractivity (Wildman–Crippen MR) is 73.8 cm³/mol. The highest BCUT2D eigenvalue weighted by atomic mass is 19.4. The standard InChI is InChI=1S/C15H17F3N2O/c16-15(17,18)9-21-10-20-6-5-12-7-11(1-4-14(12)20)8-19-13-2-3-13/h1,4-7,13,19H,2-3,8-10H2. The van der Waals surface area contributed by atoms with Crippen LogP contribution in [-0.4, -0.2) is 23.4 Å². The minimum atomic E-state index is -4.29. The molecule has 0 bridgehead atoms. The molecule has 1 heterocycles. The molecule has 1 aliphatic carbocycles. The van der Waals surface area contributed by atoms with Crippen molar-refractivity contribution in [3.05, 3.63) is 36.0 Å². The van der Waals surface area contributed by atoms with Gasteiger partial charge in [-0.3, -0.25) is 0 Å². The monoisotopic (exact) mass is 298 g/mol. The van der Waals surface area contributed by atoms with Gasteiger partial charge in [0.1, 0.15) is 13.3 Å². The highest BCUT2D eigenvalue weighted by Gasteiger charge is 2.27. The minimum absolute atomic E-state index is 0.0946. The zero-order valence-corrected chi connectivity index (χ0v) is 11.5. The van der Waals surface area contributed by atoms with Crippen molar-refractivity contribution >= 4 is 10.9 Å². The maximum absolute atomic E-state index is 12.1. The summed E-state index contributed by atoms with van der Waals surface area (Å²) in [5.74, 6) is 0. The Hall–Kier alpha value is -1.53. The zero-order valence-electron chi connectivity index (χ0n) is 11.5. The number of ether oxygens (including phenoxy) is 1. The van der Waals surface area contributed by atoms with Gasteiger partial charge in [0.15, 0.2) is 0 Å². The van der Waals surface area contributed by atoms with E-state index < -0.39 is 12.8 Å². The van der Waals surface area contributed by atoms with E-state index in [4.69, 9.17) is 4.74 Å². The number of hydrogen-bond acceptors (Lipinski definition) is 2. The lowest BCUT2D eigenvalue weighted by Crippen LogP contribution is -2.18. The molecule has 1 aromatic heterocycles. The molecule has 3 rings (SSSR count). The van der Waals surface area contributed by atoms with Crippen LogP contribution in [0.1, 0.15) is 18.4 Å². The average molecular weight is 298 g/mol. The van der Waals surface area contributed by atoms with Crippen LogP contribution in [0.15, 0.2) is 30.5 Å². The summed E-state index contributed by atoms with van der Waals surface area (Å²) in [5.41, 5.74) is 2.07. The average Bonchev–Trinajstić information content (AvgIpc) is 3.17. The van der Waals surface area contributed by atoms with Gasteiger partial charge in [0.05, 0.1) is 0 Å². The fraction of sp³-hybridized carbons (Fsp3) is 0.467. The van der Waals surface area contributed by atoms with E-state index in [1.165, 1.54) is 18.4 Å². The highest BCUT2D eigenvalue weighted by Crippen LogP contribution is 2.22. The first kappa shape index (κ1) is 14.4. The summed E-state index contributed by atoms with van der Waals surface area (Å²) in [6.07, 6.45) is -0.0475. The molecule has 6 heteroatoms. The van der Waals surface area contributed by atoms with Crippen LogP contribution in [0.5, 0.6) is 0 Å². The van der Waals surface area contributed by atoms with E-state index >= 15 is 0 Å². The Kier molecular flexibility index (Phi) is 3.91. The highest BCUT2D eigenvalue weighted by molar-refractivity contribution is 5.80. The maximum atomic E-state index is 12.1. The van der Waals surface area contributed by atoms with Crippen molar-refractivity contribution in [3.8, 4) is 0 Å². The molecular weight excluding hydrogens is 281 g/mol. The van der Waals surface area contributed by atoms with Gasteiger partial charge < -0.3 is 14.6 Å². The summed E-state index contributed by atoms with van der Waals surface area (Å²) >= 11 is 0. The molecule has 1 aromatic carbocycles. The first-order valence-electron chi connectivity index (χ1n) is 6.97. The number of alkyl halides is 3. The molecular formula is C15H17F3N2O. The second-order valence-electron chi connectivity index (χ2n) is 5.43. The first-order valence-corrected chi connectivity index (χ1v) is 6.97. The van der Waals surface area contributed by atoms with E-state index in [0.29, 0.717) is 6.04 Å². The van der Waals surface area contributed by atoms with Crippen molar-refractivity contribution in [1.29, 1.82) is 0 Å². The van der Waals surface area contributed by atoms with Crippen LogP contribution in [0, 0.1) is 0 Å². The third-order valence-corrected chi connectivity index (χ3v) is 3.50. The largest absolute Gasteiger partial charge is 0.411 e. The van der Waals surface area contributed by atoms with Crippen LogP contribution in [0.4, 0.5) is 13.2 Å². The number of benzene rings is 1. The fourth-order valence-electron chi connectivity index (χ4n) is 2.28. The summed E-state index contributed by atoms with van der Waals surface area (Å²) < 4.78 is 42.6. The molecule has 1 saturated carbocycles. The molecule has 1 aliphatic rings. The third kappa shape index (κ3) is 3.98. The number of nitrogens with one attached hydrogen (secondary N) is 1. The molecule has 0 amide bonds. The molecule has 0 unspecified atom stereocenters. The van der Waals surface area contributed by atoms with Crippen LogP contribution in [0.3, 0.4) is 0 Å². The fourth-order valence-corrected chi connectivity index (χ4v) is 2.28. The maximum Gasteiger partial charge on any atom is 0.411 e. The van der Waals surface area contributed by atoms with Crippen molar-refractivity contribution in [2.24, 2.45) is 0 Å². The van der Waals surface area contributed by atoms with E-state index in [1.807, 2.05) is 18.2 Å². The van der Waals surface area contributed by atoms with Crippen molar-refractivity contribution in [2.75, 3.05) is 6.61 Å². The molecule has 0 atom stereocenters. The number of nitrogens with zero attached hydrogens (tertiary/aromatic N) is 1. The molecule has 21 heavy (non-hydrogen) atoms. The van der Waals surface area contributed by atoms with Gasteiger partial charge in [-0.15, -0.1) is 0 Å². The lowest BCUT2D eigenvalue weighted by molar-refractivity contribution is -0.181. The van der Waals surface area contributed by atoms with E-state index in [9.17, 15) is 13.2 Å². The molecule has 0 saturated heterocycles. The number of aromatic nitrogens is 1. The summed E-state index contributed by atoms with van der Waals surface area (Å²) in [7, 11) is 0. The van der Waals surface area contributed by atoms with Gasteiger partial charge >= 0.3 is 6.18 Å². The zero-order chi connectivity index (χ0) is 14.9. The Morgan fingerprint density at radius 1 is 1.24 bits per heavy atom. The van der Waals surface area contributed by atoms with Crippen molar-refractivity contribution in [2.45, 2.75) is 38.3 Å². The van der Waals surface area contributed by atoms with Gasteiger partial charge in [-0.05, 0) is 42.0 Å². The Balaban J connectivity index is 1.64. The molecule has 114 valence electrons. The molecule has 3 nitrogen and oxygen atoms in total. The Morgan fingerprint density at radius 2 is 2.05 bits per heavy atom. The van der Waals surface area contributed by atoms with E-state index in [1.54, 1.807) is 10.8 Å². The number of hydrogen-bond donors (Lipinski definition) is 1. The van der Waals surface area contributed by atoms with Gasteiger partial charge in [0, 0.05) is 24.3 Å². The lowest BCUT2D eigenvalue weighted by atomic mass is 10.1. The summed E-state index contributed by atoms with van der Waals surface area (Å²) in [6.45, 7) is -0.491. The van der Waals surface area contributed by atoms with Crippen LogP contribution in [0.25, 0.3) is 10.9 Å². The number of fused-ring (bicyclic) bond motifs is 1. The third-order valence-electron chi connectivity index (χ3n) is 3.50. The first-order chi connectivity index (χ1) is 10.0. The lowest BCUT2D eigenvalue weighted by Gasteiger charge is -2.10. The van der Waals surface area contributed by atoms with Crippen LogP contribution in [0.2, 0.25) is 0 Å². The predicted octanol–water partition coefficient (Wildman–Crippen LogP) is 3.43. The minimum Gasteiger partial charge on any atom is -0.351 e. The molecule has 0 radical (unpaired) electrons. The Morgan fingerprint density at radius 3 is 2.76 bits per heavy atom. The van der Waals surface area contributed by atoms with Gasteiger partial charge in [0.25, 0.3) is 0 Å². The van der Waals surface area contributed by atoms with E-state index in [-0.39, 0.29) is 6.73 Å². The SMILES string of the molecule is FC(F)(F)COCn1ccc2cc(CNC3CC3)ccc21. The molecule has 0 aliphatic heterocycles. The number of halogens is 3. The normalized spacial score (nSPS) is 15.8. The van der Waals surface area contributed by atoms with Crippen LogP contribution < -0.4 is 5.32 Å². The Labute approximate surface area is 120 Å². The van der Waals surface area contributed by atoms with Crippen LogP contribution >= 0.6 is 0 Å². The number of rotatable bonds is 6. The van der Waals surface area contributed by atoms with Crippen molar-refractivity contribution in [1.82, 2.24) is 9.88 Å². The second kappa shape index (κ2) is 5.69. The Bertz CT molecular complexity index is 617. The molecule has 2 aromatic rings. The smallest absolute Gasteiger partial charge is 0.351 e. The second-order valence-corrected chi connectivity index (χ2v) is 5.43. The van der Waals surface area contributed by atoms with Crippen molar-refractivity contribution < 1.29 is 17.9 Å². The van der Waals surface area contributed by atoms with Gasteiger partial charge in [-0.25, -0.2) is 0 Å². The van der Waals surface area contributed by atoms with Gasteiger partial charge in [-0.1, -0.05) is 6.07 Å². The van der Waals surface area contributed by atoms with Gasteiger partial charge in [0.2, 0.25) is 0 Å². The summed E-state index contributed by atoms with van der Waals surface area (Å²) in [6, 6.07) is 8.53. The van der Waals surface area contributed by atoms with E-state index in [0.717, 1.165) is 17.4 Å².